The summed E-state index contributed by atoms with van der Waals surface area (Å²) in [5, 5.41) is 0.122. The molecule has 0 aromatic heterocycles. The van der Waals surface area contributed by atoms with Crippen LogP contribution < -0.4 is 4.74 Å². The molecule has 2 amide bonds. The monoisotopic (exact) mass is 523 g/mol. The Kier molecular flexibility index (Phi) is 7.80. The van der Waals surface area contributed by atoms with E-state index in [9.17, 15) is 14.4 Å². The number of ether oxygens (including phenoxy) is 2. The summed E-state index contributed by atoms with van der Waals surface area (Å²) in [7, 11) is 0. The Morgan fingerprint density at radius 2 is 1.94 bits per heavy atom. The number of esters is 1. The third-order valence-electron chi connectivity index (χ3n) is 4.40. The minimum absolute atomic E-state index is 0.168. The van der Waals surface area contributed by atoms with E-state index in [2.05, 4.69) is 15.9 Å². The van der Waals surface area contributed by atoms with Gasteiger partial charge in [-0.3, -0.25) is 14.5 Å². The molecule has 0 saturated carbocycles. The number of carbonyl (C=O) groups excluding carboxylic acids is 3. The highest BCUT2D eigenvalue weighted by Gasteiger charge is 2.41. The van der Waals surface area contributed by atoms with Gasteiger partial charge in [0.15, 0.2) is 0 Å². The van der Waals surface area contributed by atoms with Crippen LogP contribution in [0.2, 0.25) is 5.02 Å². The number of benzene rings is 2. The van der Waals surface area contributed by atoms with Crippen LogP contribution in [0.3, 0.4) is 0 Å². The molecule has 31 heavy (non-hydrogen) atoms. The van der Waals surface area contributed by atoms with Gasteiger partial charge in [0.25, 0.3) is 11.1 Å². The Morgan fingerprint density at radius 3 is 2.61 bits per heavy atom. The summed E-state index contributed by atoms with van der Waals surface area (Å²) in [6.07, 6.45) is 1.59. The molecule has 1 saturated heterocycles. The molecule has 0 N–H and O–H groups in total. The molecule has 1 atom stereocenters. The number of hydrogen-bond donors (Lipinski definition) is 0. The third-order valence-corrected chi connectivity index (χ3v) is 6.03. The van der Waals surface area contributed by atoms with Crippen LogP contribution in [-0.4, -0.2) is 34.7 Å². The van der Waals surface area contributed by atoms with Crippen LogP contribution in [0.5, 0.6) is 5.75 Å². The summed E-state index contributed by atoms with van der Waals surface area (Å²) in [5.74, 6) is -0.622. The number of hydrogen-bond acceptors (Lipinski definition) is 6. The van der Waals surface area contributed by atoms with E-state index in [1.807, 2.05) is 18.2 Å². The van der Waals surface area contributed by atoms with E-state index in [1.165, 1.54) is 6.92 Å². The van der Waals surface area contributed by atoms with Gasteiger partial charge in [0.1, 0.15) is 18.4 Å². The zero-order valence-electron chi connectivity index (χ0n) is 16.8. The summed E-state index contributed by atoms with van der Waals surface area (Å²) >= 11 is 10.1. The molecule has 9 heteroatoms. The first-order chi connectivity index (χ1) is 14.8. The van der Waals surface area contributed by atoms with Crippen LogP contribution in [0.1, 0.15) is 25.0 Å². The zero-order valence-corrected chi connectivity index (χ0v) is 19.9. The fourth-order valence-corrected chi connectivity index (χ4v) is 4.23. The largest absolute Gasteiger partial charge is 0.488 e. The standard InChI is InChI=1S/C22H19BrClNO5S/c1-3-29-21(27)13(2)25-20(26)19(31-22(25)28)11-15-10-16(23)6-9-18(15)30-12-14-4-7-17(24)8-5-14/h4-11,13H,3,12H2,1-2H3/b19-11+/t13-/m0/s1. The van der Waals surface area contributed by atoms with E-state index >= 15 is 0 Å². The number of halogens is 2. The summed E-state index contributed by atoms with van der Waals surface area (Å²) in [4.78, 5) is 38.3. The Bertz CT molecular complexity index is 1040. The van der Waals surface area contributed by atoms with E-state index < -0.39 is 23.2 Å². The van der Waals surface area contributed by atoms with E-state index in [0.29, 0.717) is 22.9 Å². The minimum Gasteiger partial charge on any atom is -0.488 e. The normalized spacial score (nSPS) is 16.0. The summed E-state index contributed by atoms with van der Waals surface area (Å²) < 4.78 is 11.7. The molecule has 0 spiro atoms. The van der Waals surface area contributed by atoms with Gasteiger partial charge in [0.05, 0.1) is 11.5 Å². The van der Waals surface area contributed by atoms with E-state index in [-0.39, 0.29) is 11.5 Å². The fourth-order valence-electron chi connectivity index (χ4n) is 2.83. The van der Waals surface area contributed by atoms with Gasteiger partial charge in [0, 0.05) is 15.1 Å². The van der Waals surface area contributed by atoms with Crippen molar-refractivity contribution in [2.45, 2.75) is 26.5 Å². The lowest BCUT2D eigenvalue weighted by atomic mass is 10.1. The van der Waals surface area contributed by atoms with Crippen LogP contribution in [0.15, 0.2) is 51.8 Å². The van der Waals surface area contributed by atoms with Crippen LogP contribution in [0.25, 0.3) is 6.08 Å². The molecule has 1 fully saturated rings. The Hall–Kier alpha value is -2.29. The van der Waals surface area contributed by atoms with Crippen molar-refractivity contribution in [2.75, 3.05) is 6.61 Å². The number of amides is 2. The number of rotatable bonds is 7. The van der Waals surface area contributed by atoms with Gasteiger partial charge in [-0.2, -0.15) is 0 Å². The second kappa shape index (κ2) is 10.3. The van der Waals surface area contributed by atoms with Crippen LogP contribution in [0, 0.1) is 0 Å². The molecule has 162 valence electrons. The van der Waals surface area contributed by atoms with E-state index in [0.717, 1.165) is 26.7 Å². The van der Waals surface area contributed by atoms with Gasteiger partial charge in [0.2, 0.25) is 0 Å². The lowest BCUT2D eigenvalue weighted by Crippen LogP contribution is -2.42. The van der Waals surface area contributed by atoms with E-state index in [4.69, 9.17) is 21.1 Å². The fraction of sp³-hybridized carbons (Fsp3) is 0.227. The quantitative estimate of drug-likeness (QED) is 0.343. The second-order valence-corrected chi connectivity index (χ2v) is 8.92. The van der Waals surface area contributed by atoms with Gasteiger partial charge in [-0.25, -0.2) is 4.79 Å². The molecular formula is C22H19BrClNO5S. The summed E-state index contributed by atoms with van der Waals surface area (Å²) in [5.41, 5.74) is 1.56. The maximum atomic E-state index is 12.8. The molecule has 0 aliphatic carbocycles. The first-order valence-electron chi connectivity index (χ1n) is 9.40. The molecule has 0 unspecified atom stereocenters. The molecule has 2 aromatic carbocycles. The predicted molar refractivity (Wildman–Crippen MR) is 124 cm³/mol. The highest BCUT2D eigenvalue weighted by atomic mass is 79.9. The zero-order chi connectivity index (χ0) is 22.5. The first kappa shape index (κ1) is 23.4. The Morgan fingerprint density at radius 1 is 1.23 bits per heavy atom. The van der Waals surface area contributed by atoms with Crippen molar-refractivity contribution in [3.63, 3.8) is 0 Å². The number of thioether (sulfide) groups is 1. The van der Waals surface area contributed by atoms with Crippen molar-refractivity contribution in [3.8, 4) is 5.75 Å². The minimum atomic E-state index is -0.999. The number of carbonyl (C=O) groups is 3. The van der Waals surface area contributed by atoms with Crippen LogP contribution in [0.4, 0.5) is 4.79 Å². The van der Waals surface area contributed by atoms with Crippen LogP contribution >= 0.6 is 39.3 Å². The van der Waals surface area contributed by atoms with Crippen molar-refractivity contribution in [2.24, 2.45) is 0 Å². The highest BCUT2D eigenvalue weighted by Crippen LogP contribution is 2.36. The lowest BCUT2D eigenvalue weighted by molar-refractivity contribution is -0.150. The molecule has 1 heterocycles. The number of nitrogens with zero attached hydrogens (tertiary/aromatic N) is 1. The van der Waals surface area contributed by atoms with Crippen molar-refractivity contribution >= 4 is 62.5 Å². The summed E-state index contributed by atoms with van der Waals surface area (Å²) in [6, 6.07) is 11.7. The smallest absolute Gasteiger partial charge is 0.329 e. The molecule has 1 aliphatic rings. The van der Waals surface area contributed by atoms with Gasteiger partial charge < -0.3 is 9.47 Å². The van der Waals surface area contributed by atoms with Gasteiger partial charge >= 0.3 is 5.97 Å². The Balaban J connectivity index is 1.83. The Labute approximate surface area is 197 Å². The maximum Gasteiger partial charge on any atom is 0.329 e. The molecule has 0 radical (unpaired) electrons. The molecule has 3 rings (SSSR count). The number of imide groups is 1. The first-order valence-corrected chi connectivity index (χ1v) is 11.4. The second-order valence-electron chi connectivity index (χ2n) is 6.58. The highest BCUT2D eigenvalue weighted by molar-refractivity contribution is 9.10. The lowest BCUT2D eigenvalue weighted by Gasteiger charge is -2.19. The van der Waals surface area contributed by atoms with Crippen molar-refractivity contribution in [1.29, 1.82) is 0 Å². The van der Waals surface area contributed by atoms with Crippen LogP contribution in [-0.2, 0) is 20.9 Å². The van der Waals surface area contributed by atoms with Gasteiger partial charge in [-0.05, 0) is 67.6 Å². The topological polar surface area (TPSA) is 72.9 Å². The maximum absolute atomic E-state index is 12.8. The van der Waals surface area contributed by atoms with Gasteiger partial charge in [-0.1, -0.05) is 39.7 Å². The average Bonchev–Trinajstić information content (AvgIpc) is 3.01. The molecule has 0 bridgehead atoms. The predicted octanol–water partition coefficient (Wildman–Crippen LogP) is 5.67. The van der Waals surface area contributed by atoms with Gasteiger partial charge in [-0.15, -0.1) is 0 Å². The third kappa shape index (κ3) is 5.70. The molecular weight excluding hydrogens is 506 g/mol. The molecule has 2 aromatic rings. The van der Waals surface area contributed by atoms with Crippen molar-refractivity contribution in [3.05, 3.63) is 68.0 Å². The van der Waals surface area contributed by atoms with E-state index in [1.54, 1.807) is 37.3 Å². The molecule has 6 nitrogen and oxygen atoms in total. The van der Waals surface area contributed by atoms with Crippen molar-refractivity contribution in [1.82, 2.24) is 4.90 Å². The SMILES string of the molecule is CCOC(=O)[C@H](C)N1C(=O)S/C(=C/c2cc(Br)ccc2OCc2ccc(Cl)cc2)C1=O. The summed E-state index contributed by atoms with van der Waals surface area (Å²) in [6.45, 7) is 3.61. The molecule has 1 aliphatic heterocycles. The average molecular weight is 525 g/mol. The van der Waals surface area contributed by atoms with Crippen molar-refractivity contribution < 1.29 is 23.9 Å².